The van der Waals surface area contributed by atoms with E-state index in [0.29, 0.717) is 12.2 Å². The van der Waals surface area contributed by atoms with Crippen molar-refractivity contribution in [3.05, 3.63) is 29.1 Å². The number of benzene rings is 1. The van der Waals surface area contributed by atoms with Gasteiger partial charge in [0.1, 0.15) is 0 Å². The summed E-state index contributed by atoms with van der Waals surface area (Å²) in [5.41, 5.74) is 1.15. The Morgan fingerprint density at radius 2 is 2.14 bits per heavy atom. The molecule has 0 unspecified atom stereocenters. The normalized spacial score (nSPS) is 10.0. The first kappa shape index (κ1) is 10.7. The van der Waals surface area contributed by atoms with Crippen LogP contribution in [0, 0.1) is 12.7 Å². The fraction of sp³-hybridized carbons (Fsp3) is 0.364. The summed E-state index contributed by atoms with van der Waals surface area (Å²) in [7, 11) is 0. The molecule has 3 heteroatoms. The molecule has 0 radical (unpaired) electrons. The zero-order chi connectivity index (χ0) is 10.7. The molecule has 0 aromatic heterocycles. The third-order valence-electron chi connectivity index (χ3n) is 1.96. The number of hydrogen-bond acceptors (Lipinski definition) is 2. The molecule has 0 amide bonds. The number of hydrogen-bond donors (Lipinski definition) is 0. The summed E-state index contributed by atoms with van der Waals surface area (Å²) in [6.07, 6.45) is 0. The molecule has 0 fully saturated rings. The van der Waals surface area contributed by atoms with E-state index in [2.05, 4.69) is 0 Å². The summed E-state index contributed by atoms with van der Waals surface area (Å²) < 4.78 is 18.4. The molecule has 0 spiro atoms. The highest BCUT2D eigenvalue weighted by molar-refractivity contribution is 5.95. The predicted octanol–water partition coefficient (Wildman–Crippen LogP) is 2.74. The van der Waals surface area contributed by atoms with Crippen LogP contribution >= 0.6 is 0 Å². The molecular formula is C11H13FO2. The first-order valence-electron chi connectivity index (χ1n) is 4.50. The summed E-state index contributed by atoms with van der Waals surface area (Å²) in [4.78, 5) is 11.1. The first-order valence-corrected chi connectivity index (χ1v) is 4.50. The number of rotatable bonds is 3. The molecular weight excluding hydrogens is 183 g/mol. The van der Waals surface area contributed by atoms with Gasteiger partial charge in [0.05, 0.1) is 6.61 Å². The van der Waals surface area contributed by atoms with Gasteiger partial charge in [-0.05, 0) is 38.5 Å². The average Bonchev–Trinajstić information content (AvgIpc) is 2.10. The van der Waals surface area contributed by atoms with Crippen molar-refractivity contribution >= 4 is 5.78 Å². The van der Waals surface area contributed by atoms with Crippen LogP contribution in [0.25, 0.3) is 0 Å². The Morgan fingerprint density at radius 1 is 1.50 bits per heavy atom. The number of Topliss-reactive ketones (excluding diaryl/α,β-unsaturated/α-hetero) is 1. The second kappa shape index (κ2) is 4.22. The van der Waals surface area contributed by atoms with E-state index in [9.17, 15) is 9.18 Å². The summed E-state index contributed by atoms with van der Waals surface area (Å²) >= 11 is 0. The number of halogens is 1. The SMILES string of the molecule is CCOc1cc(C)c(C(C)=O)cc1F. The number of ketones is 1. The Kier molecular flexibility index (Phi) is 3.23. The predicted molar refractivity (Wildman–Crippen MR) is 52.3 cm³/mol. The summed E-state index contributed by atoms with van der Waals surface area (Å²) in [5.74, 6) is -0.415. The van der Waals surface area contributed by atoms with Crippen LogP contribution in [0.3, 0.4) is 0 Å². The monoisotopic (exact) mass is 196 g/mol. The van der Waals surface area contributed by atoms with E-state index in [0.717, 1.165) is 5.56 Å². The highest BCUT2D eigenvalue weighted by atomic mass is 19.1. The molecule has 0 bridgehead atoms. The Labute approximate surface area is 82.7 Å². The average molecular weight is 196 g/mol. The summed E-state index contributed by atoms with van der Waals surface area (Å²) in [6, 6.07) is 2.78. The number of carbonyl (C=O) groups is 1. The Morgan fingerprint density at radius 3 is 2.64 bits per heavy atom. The zero-order valence-electron chi connectivity index (χ0n) is 8.56. The van der Waals surface area contributed by atoms with E-state index in [-0.39, 0.29) is 11.5 Å². The van der Waals surface area contributed by atoms with E-state index in [1.165, 1.54) is 13.0 Å². The molecule has 0 aliphatic heterocycles. The first-order chi connectivity index (χ1) is 6.56. The third kappa shape index (κ3) is 2.10. The largest absolute Gasteiger partial charge is 0.491 e. The lowest BCUT2D eigenvalue weighted by molar-refractivity contribution is 0.101. The standard InChI is InChI=1S/C11H13FO2/c1-4-14-11-5-7(2)9(8(3)13)6-10(11)12/h5-6H,4H2,1-3H3. The van der Waals surface area contributed by atoms with Gasteiger partial charge in [-0.2, -0.15) is 0 Å². The molecule has 0 aliphatic rings. The lowest BCUT2D eigenvalue weighted by atomic mass is 10.1. The molecule has 0 saturated carbocycles. The topological polar surface area (TPSA) is 26.3 Å². The molecule has 1 aromatic rings. The molecule has 76 valence electrons. The van der Waals surface area contributed by atoms with E-state index >= 15 is 0 Å². The van der Waals surface area contributed by atoms with Crippen LogP contribution in [0.15, 0.2) is 12.1 Å². The van der Waals surface area contributed by atoms with Crippen molar-refractivity contribution < 1.29 is 13.9 Å². The second-order valence-electron chi connectivity index (χ2n) is 3.09. The Hall–Kier alpha value is -1.38. The fourth-order valence-corrected chi connectivity index (χ4v) is 1.30. The lowest BCUT2D eigenvalue weighted by Gasteiger charge is -2.08. The number of aryl methyl sites for hydroxylation is 1. The van der Waals surface area contributed by atoms with Crippen molar-refractivity contribution in [3.63, 3.8) is 0 Å². The fourth-order valence-electron chi connectivity index (χ4n) is 1.30. The van der Waals surface area contributed by atoms with Gasteiger partial charge >= 0.3 is 0 Å². The Bertz CT molecular complexity index is 359. The minimum Gasteiger partial charge on any atom is -0.491 e. The van der Waals surface area contributed by atoms with Crippen LogP contribution in [0.5, 0.6) is 5.75 Å². The van der Waals surface area contributed by atoms with Gasteiger partial charge in [-0.1, -0.05) is 0 Å². The smallest absolute Gasteiger partial charge is 0.165 e. The minimum atomic E-state index is -0.484. The second-order valence-corrected chi connectivity index (χ2v) is 3.09. The van der Waals surface area contributed by atoms with Crippen molar-refractivity contribution in [2.24, 2.45) is 0 Å². The maximum atomic E-state index is 13.3. The van der Waals surface area contributed by atoms with Crippen molar-refractivity contribution in [2.45, 2.75) is 20.8 Å². The van der Waals surface area contributed by atoms with Crippen LogP contribution < -0.4 is 4.74 Å². The van der Waals surface area contributed by atoms with Crippen LogP contribution in [0.1, 0.15) is 29.8 Å². The van der Waals surface area contributed by atoms with E-state index in [1.54, 1.807) is 19.9 Å². The molecule has 1 aromatic carbocycles. The van der Waals surface area contributed by atoms with Crippen molar-refractivity contribution in [2.75, 3.05) is 6.61 Å². The summed E-state index contributed by atoms with van der Waals surface area (Å²) in [5, 5.41) is 0. The molecule has 0 saturated heterocycles. The van der Waals surface area contributed by atoms with Gasteiger partial charge in [-0.15, -0.1) is 0 Å². The molecule has 0 N–H and O–H groups in total. The van der Waals surface area contributed by atoms with Crippen LogP contribution in [-0.2, 0) is 0 Å². The van der Waals surface area contributed by atoms with Crippen molar-refractivity contribution in [3.8, 4) is 5.75 Å². The maximum absolute atomic E-state index is 13.3. The minimum absolute atomic E-state index is 0.135. The highest BCUT2D eigenvalue weighted by Gasteiger charge is 2.10. The van der Waals surface area contributed by atoms with E-state index in [4.69, 9.17) is 4.74 Å². The lowest BCUT2D eigenvalue weighted by Crippen LogP contribution is -2.01. The number of ether oxygens (including phenoxy) is 1. The van der Waals surface area contributed by atoms with Crippen LogP contribution in [0.2, 0.25) is 0 Å². The van der Waals surface area contributed by atoms with Gasteiger partial charge in [0.15, 0.2) is 17.3 Å². The van der Waals surface area contributed by atoms with Gasteiger partial charge in [-0.3, -0.25) is 4.79 Å². The van der Waals surface area contributed by atoms with Gasteiger partial charge < -0.3 is 4.74 Å². The highest BCUT2D eigenvalue weighted by Crippen LogP contribution is 2.22. The Balaban J connectivity index is 3.17. The van der Waals surface area contributed by atoms with Crippen LogP contribution in [-0.4, -0.2) is 12.4 Å². The zero-order valence-corrected chi connectivity index (χ0v) is 8.56. The summed E-state index contributed by atoms with van der Waals surface area (Å²) in [6.45, 7) is 5.38. The molecule has 0 aliphatic carbocycles. The molecule has 0 heterocycles. The van der Waals surface area contributed by atoms with E-state index in [1.807, 2.05) is 0 Å². The van der Waals surface area contributed by atoms with Gasteiger partial charge in [0, 0.05) is 5.56 Å². The van der Waals surface area contributed by atoms with E-state index < -0.39 is 5.82 Å². The van der Waals surface area contributed by atoms with Gasteiger partial charge in [0.25, 0.3) is 0 Å². The quantitative estimate of drug-likeness (QED) is 0.695. The number of carbonyl (C=O) groups excluding carboxylic acids is 1. The van der Waals surface area contributed by atoms with Gasteiger partial charge in [0.2, 0.25) is 0 Å². The van der Waals surface area contributed by atoms with Gasteiger partial charge in [-0.25, -0.2) is 4.39 Å². The maximum Gasteiger partial charge on any atom is 0.165 e. The van der Waals surface area contributed by atoms with Crippen LogP contribution in [0.4, 0.5) is 4.39 Å². The molecule has 14 heavy (non-hydrogen) atoms. The van der Waals surface area contributed by atoms with Crippen molar-refractivity contribution in [1.82, 2.24) is 0 Å². The molecule has 2 nitrogen and oxygen atoms in total. The molecule has 1 rings (SSSR count). The van der Waals surface area contributed by atoms with Crippen molar-refractivity contribution in [1.29, 1.82) is 0 Å². The third-order valence-corrected chi connectivity index (χ3v) is 1.96. The molecule has 0 atom stereocenters.